The summed E-state index contributed by atoms with van der Waals surface area (Å²) in [7, 11) is 1.93. The first-order valence-electron chi connectivity index (χ1n) is 8.46. The van der Waals surface area contributed by atoms with E-state index in [-0.39, 0.29) is 24.0 Å². The molecule has 0 aromatic rings. The summed E-state index contributed by atoms with van der Waals surface area (Å²) in [4.78, 5) is 9.60. The van der Waals surface area contributed by atoms with Crippen LogP contribution < -0.4 is 5.32 Å². The summed E-state index contributed by atoms with van der Waals surface area (Å²) in [6.07, 6.45) is 8.37. The summed E-state index contributed by atoms with van der Waals surface area (Å²) in [6.45, 7) is 8.21. The topological polar surface area (TPSA) is 30.9 Å². The Labute approximate surface area is 146 Å². The first kappa shape index (κ1) is 17.3. The molecule has 2 heterocycles. The Bertz CT molecular complexity index is 367. The average molecular weight is 406 g/mol. The highest BCUT2D eigenvalue weighted by Crippen LogP contribution is 2.47. The van der Waals surface area contributed by atoms with Gasteiger partial charge in [-0.1, -0.05) is 13.3 Å². The summed E-state index contributed by atoms with van der Waals surface area (Å²) >= 11 is 0. The molecule has 2 aliphatic heterocycles. The van der Waals surface area contributed by atoms with Crippen LogP contribution in [0.3, 0.4) is 0 Å². The van der Waals surface area contributed by atoms with E-state index in [4.69, 9.17) is 0 Å². The van der Waals surface area contributed by atoms with E-state index < -0.39 is 0 Å². The molecule has 21 heavy (non-hydrogen) atoms. The summed E-state index contributed by atoms with van der Waals surface area (Å²) in [5, 5.41) is 3.64. The van der Waals surface area contributed by atoms with Gasteiger partial charge in [0.2, 0.25) is 0 Å². The fourth-order valence-electron chi connectivity index (χ4n) is 4.28. The van der Waals surface area contributed by atoms with Crippen molar-refractivity contribution in [3.63, 3.8) is 0 Å². The van der Waals surface area contributed by atoms with Gasteiger partial charge in [0, 0.05) is 32.7 Å². The van der Waals surface area contributed by atoms with E-state index >= 15 is 0 Å². The van der Waals surface area contributed by atoms with Gasteiger partial charge in [0.05, 0.1) is 0 Å². The SMILES string of the molecule is CCN1CCCC1CNC(=NC)N1CCC2(CCC2)C1.I. The third-order valence-electron chi connectivity index (χ3n) is 5.76. The molecule has 1 atom stereocenters. The predicted octanol–water partition coefficient (Wildman–Crippen LogP) is 2.54. The van der Waals surface area contributed by atoms with Crippen molar-refractivity contribution in [1.29, 1.82) is 0 Å². The summed E-state index contributed by atoms with van der Waals surface area (Å²) in [5.74, 6) is 1.14. The normalized spacial score (nSPS) is 28.6. The third kappa shape index (κ3) is 3.66. The number of nitrogens with zero attached hydrogens (tertiary/aromatic N) is 3. The number of aliphatic imine (C=N–C) groups is 1. The Morgan fingerprint density at radius 3 is 2.62 bits per heavy atom. The molecule has 1 spiro atoms. The lowest BCUT2D eigenvalue weighted by Gasteiger charge is -2.38. The van der Waals surface area contributed by atoms with Crippen LogP contribution in [0.25, 0.3) is 0 Å². The van der Waals surface area contributed by atoms with Crippen molar-refractivity contribution in [3.05, 3.63) is 0 Å². The molecular formula is C16H31IN4. The van der Waals surface area contributed by atoms with Crippen LogP contribution in [0.4, 0.5) is 0 Å². The first-order chi connectivity index (χ1) is 9.76. The number of likely N-dealkylation sites (N-methyl/N-ethyl adjacent to an activating group) is 1. The Morgan fingerprint density at radius 1 is 1.24 bits per heavy atom. The second-order valence-electron chi connectivity index (χ2n) is 6.88. The fraction of sp³-hybridized carbons (Fsp3) is 0.938. The lowest BCUT2D eigenvalue weighted by molar-refractivity contribution is 0.151. The van der Waals surface area contributed by atoms with Gasteiger partial charge in [0.25, 0.3) is 0 Å². The van der Waals surface area contributed by atoms with E-state index in [9.17, 15) is 0 Å². The minimum atomic E-state index is 0. The van der Waals surface area contributed by atoms with Crippen molar-refractivity contribution in [2.45, 2.75) is 51.5 Å². The highest BCUT2D eigenvalue weighted by Gasteiger charge is 2.43. The van der Waals surface area contributed by atoms with E-state index in [1.54, 1.807) is 0 Å². The summed E-state index contributed by atoms with van der Waals surface area (Å²) < 4.78 is 0. The van der Waals surface area contributed by atoms with E-state index in [0.29, 0.717) is 11.5 Å². The van der Waals surface area contributed by atoms with Crippen LogP contribution in [0.15, 0.2) is 4.99 Å². The zero-order valence-corrected chi connectivity index (χ0v) is 15.9. The van der Waals surface area contributed by atoms with Crippen LogP contribution in [0.5, 0.6) is 0 Å². The van der Waals surface area contributed by atoms with E-state index in [1.165, 1.54) is 64.7 Å². The highest BCUT2D eigenvalue weighted by molar-refractivity contribution is 14.0. The maximum atomic E-state index is 4.52. The number of halogens is 1. The van der Waals surface area contributed by atoms with Crippen molar-refractivity contribution < 1.29 is 0 Å². The van der Waals surface area contributed by atoms with Gasteiger partial charge in [-0.05, 0) is 50.6 Å². The lowest BCUT2D eigenvalue weighted by Crippen LogP contribution is -2.47. The van der Waals surface area contributed by atoms with Crippen molar-refractivity contribution in [2.75, 3.05) is 39.8 Å². The fourth-order valence-corrected chi connectivity index (χ4v) is 4.28. The van der Waals surface area contributed by atoms with Crippen LogP contribution in [-0.4, -0.2) is 61.6 Å². The molecule has 0 aromatic carbocycles. The largest absolute Gasteiger partial charge is 0.355 e. The molecule has 0 bridgehead atoms. The lowest BCUT2D eigenvalue weighted by atomic mass is 9.68. The van der Waals surface area contributed by atoms with Gasteiger partial charge in [-0.3, -0.25) is 9.89 Å². The summed E-state index contributed by atoms with van der Waals surface area (Å²) in [6, 6.07) is 0.706. The molecule has 3 rings (SSSR count). The maximum Gasteiger partial charge on any atom is 0.193 e. The number of likely N-dealkylation sites (tertiary alicyclic amines) is 2. The molecule has 122 valence electrons. The van der Waals surface area contributed by atoms with Crippen molar-refractivity contribution in [2.24, 2.45) is 10.4 Å². The van der Waals surface area contributed by atoms with Crippen LogP contribution >= 0.6 is 24.0 Å². The standard InChI is InChI=1S/C16H30N4.HI/c1-3-19-10-4-6-14(19)12-18-15(17-2)20-11-9-16(13-20)7-5-8-16;/h14H,3-13H2,1-2H3,(H,17,18);1H. The minimum Gasteiger partial charge on any atom is -0.355 e. The van der Waals surface area contributed by atoms with Gasteiger partial charge in [0.15, 0.2) is 5.96 Å². The monoisotopic (exact) mass is 406 g/mol. The molecule has 1 unspecified atom stereocenters. The number of guanidine groups is 1. The van der Waals surface area contributed by atoms with E-state index in [0.717, 1.165) is 12.5 Å². The van der Waals surface area contributed by atoms with E-state index in [2.05, 4.69) is 27.0 Å². The molecule has 4 nitrogen and oxygen atoms in total. The third-order valence-corrected chi connectivity index (χ3v) is 5.76. The van der Waals surface area contributed by atoms with Crippen LogP contribution in [0, 0.1) is 5.41 Å². The van der Waals surface area contributed by atoms with Gasteiger partial charge in [-0.25, -0.2) is 0 Å². The Hall–Kier alpha value is -0.0400. The van der Waals surface area contributed by atoms with Crippen LogP contribution in [0.2, 0.25) is 0 Å². The minimum absolute atomic E-state index is 0. The number of hydrogen-bond donors (Lipinski definition) is 1. The number of hydrogen-bond acceptors (Lipinski definition) is 2. The van der Waals surface area contributed by atoms with E-state index in [1.807, 2.05) is 7.05 Å². The molecule has 1 N–H and O–H groups in total. The van der Waals surface area contributed by atoms with Gasteiger partial charge in [-0.2, -0.15) is 0 Å². The molecule has 3 aliphatic rings. The first-order valence-corrected chi connectivity index (χ1v) is 8.46. The quantitative estimate of drug-likeness (QED) is 0.444. The second-order valence-corrected chi connectivity index (χ2v) is 6.88. The van der Waals surface area contributed by atoms with Gasteiger partial charge in [-0.15, -0.1) is 24.0 Å². The van der Waals surface area contributed by atoms with Gasteiger partial charge in [0.1, 0.15) is 0 Å². The predicted molar refractivity (Wildman–Crippen MR) is 99.5 cm³/mol. The molecule has 1 aliphatic carbocycles. The smallest absolute Gasteiger partial charge is 0.193 e. The second kappa shape index (κ2) is 7.49. The Balaban J connectivity index is 0.00000161. The molecule has 0 amide bonds. The Morgan fingerprint density at radius 2 is 2.05 bits per heavy atom. The number of nitrogens with one attached hydrogen (secondary N) is 1. The molecule has 1 saturated carbocycles. The Kier molecular flexibility index (Phi) is 6.17. The van der Waals surface area contributed by atoms with Gasteiger partial charge < -0.3 is 10.2 Å². The molecular weight excluding hydrogens is 375 g/mol. The molecule has 0 aromatic heterocycles. The van der Waals surface area contributed by atoms with Gasteiger partial charge >= 0.3 is 0 Å². The van der Waals surface area contributed by atoms with Crippen LogP contribution in [-0.2, 0) is 0 Å². The highest BCUT2D eigenvalue weighted by atomic mass is 127. The zero-order valence-electron chi connectivity index (χ0n) is 13.6. The maximum absolute atomic E-state index is 4.52. The zero-order chi connectivity index (χ0) is 14.0. The molecule has 0 radical (unpaired) electrons. The van der Waals surface area contributed by atoms with Crippen molar-refractivity contribution in [3.8, 4) is 0 Å². The van der Waals surface area contributed by atoms with Crippen molar-refractivity contribution in [1.82, 2.24) is 15.1 Å². The average Bonchev–Trinajstić information content (AvgIpc) is 3.05. The number of rotatable bonds is 3. The van der Waals surface area contributed by atoms with Crippen LogP contribution in [0.1, 0.15) is 45.4 Å². The molecule has 5 heteroatoms. The van der Waals surface area contributed by atoms with Crippen molar-refractivity contribution >= 4 is 29.9 Å². The molecule has 3 fully saturated rings. The molecule has 2 saturated heterocycles. The summed E-state index contributed by atoms with van der Waals surface area (Å²) in [5.41, 5.74) is 0.653.